The van der Waals surface area contributed by atoms with E-state index in [1.165, 1.54) is 12.1 Å². The SMILES string of the molecule is O=C(CN1C(=O)c2ccccc2C1=O)N1CCN(Cc2nnnn2-c2ccc(F)cc2)CC1. The van der Waals surface area contributed by atoms with Gasteiger partial charge in [-0.15, -0.1) is 5.10 Å². The van der Waals surface area contributed by atoms with Gasteiger partial charge in [0.2, 0.25) is 5.91 Å². The van der Waals surface area contributed by atoms with Crippen LogP contribution in [0, 0.1) is 5.82 Å². The van der Waals surface area contributed by atoms with E-state index in [1.54, 1.807) is 46.0 Å². The monoisotopic (exact) mass is 449 g/mol. The molecule has 1 saturated heterocycles. The standard InChI is InChI=1S/C22H20FN7O3/c23-15-5-7-16(8-6-15)30-19(24-25-26-30)13-27-9-11-28(12-10-27)20(31)14-29-21(32)17-3-1-2-4-18(17)22(29)33/h1-8H,9-14H2. The molecule has 3 heterocycles. The third-order valence-corrected chi connectivity index (χ3v) is 5.87. The summed E-state index contributed by atoms with van der Waals surface area (Å²) in [5.74, 6) is -0.867. The highest BCUT2D eigenvalue weighted by molar-refractivity contribution is 6.22. The Bertz CT molecular complexity index is 1180. The van der Waals surface area contributed by atoms with Crippen LogP contribution < -0.4 is 0 Å². The van der Waals surface area contributed by atoms with Crippen LogP contribution in [0.15, 0.2) is 48.5 Å². The number of piperazine rings is 1. The van der Waals surface area contributed by atoms with E-state index in [4.69, 9.17) is 0 Å². The molecule has 0 aliphatic carbocycles. The van der Waals surface area contributed by atoms with Crippen molar-refractivity contribution >= 4 is 17.7 Å². The van der Waals surface area contributed by atoms with Gasteiger partial charge in [-0.05, 0) is 46.8 Å². The largest absolute Gasteiger partial charge is 0.339 e. The van der Waals surface area contributed by atoms with Crippen LogP contribution in [0.3, 0.4) is 0 Å². The first-order chi connectivity index (χ1) is 16.0. The van der Waals surface area contributed by atoms with Gasteiger partial charge < -0.3 is 4.90 Å². The van der Waals surface area contributed by atoms with Crippen LogP contribution in [0.1, 0.15) is 26.5 Å². The third-order valence-electron chi connectivity index (χ3n) is 5.87. The average Bonchev–Trinajstić information content (AvgIpc) is 3.39. The fourth-order valence-corrected chi connectivity index (χ4v) is 4.06. The molecule has 2 aliphatic heterocycles. The fourth-order valence-electron chi connectivity index (χ4n) is 4.06. The summed E-state index contributed by atoms with van der Waals surface area (Å²) in [6.07, 6.45) is 0. The molecular weight excluding hydrogens is 429 g/mol. The first-order valence-corrected chi connectivity index (χ1v) is 10.5. The summed E-state index contributed by atoms with van der Waals surface area (Å²) in [6, 6.07) is 12.5. The number of aromatic nitrogens is 4. The summed E-state index contributed by atoms with van der Waals surface area (Å²) >= 11 is 0. The smallest absolute Gasteiger partial charge is 0.262 e. The van der Waals surface area contributed by atoms with Crippen molar-refractivity contribution < 1.29 is 18.8 Å². The minimum absolute atomic E-state index is 0.264. The molecule has 0 unspecified atom stereocenters. The molecule has 0 bridgehead atoms. The van der Waals surface area contributed by atoms with Crippen LogP contribution in [-0.2, 0) is 11.3 Å². The maximum atomic E-state index is 13.2. The van der Waals surface area contributed by atoms with Crippen LogP contribution >= 0.6 is 0 Å². The predicted molar refractivity (Wildman–Crippen MR) is 113 cm³/mol. The summed E-state index contributed by atoms with van der Waals surface area (Å²) in [5, 5.41) is 11.8. The molecule has 0 radical (unpaired) electrons. The summed E-state index contributed by atoms with van der Waals surface area (Å²) < 4.78 is 14.8. The molecule has 0 spiro atoms. The number of halogens is 1. The van der Waals surface area contributed by atoms with Gasteiger partial charge in [0.25, 0.3) is 11.8 Å². The number of carbonyl (C=O) groups is 3. The number of imide groups is 1. The molecule has 10 nitrogen and oxygen atoms in total. The van der Waals surface area contributed by atoms with Gasteiger partial charge in [0, 0.05) is 26.2 Å². The van der Waals surface area contributed by atoms with Crippen molar-refractivity contribution in [2.75, 3.05) is 32.7 Å². The zero-order chi connectivity index (χ0) is 22.9. The van der Waals surface area contributed by atoms with E-state index in [2.05, 4.69) is 20.4 Å². The molecule has 33 heavy (non-hydrogen) atoms. The maximum Gasteiger partial charge on any atom is 0.262 e. The highest BCUT2D eigenvalue weighted by Gasteiger charge is 2.37. The molecule has 3 aromatic rings. The molecule has 0 atom stereocenters. The van der Waals surface area contributed by atoms with E-state index in [0.29, 0.717) is 55.4 Å². The highest BCUT2D eigenvalue weighted by Crippen LogP contribution is 2.22. The van der Waals surface area contributed by atoms with E-state index < -0.39 is 11.8 Å². The highest BCUT2D eigenvalue weighted by atomic mass is 19.1. The van der Waals surface area contributed by atoms with Gasteiger partial charge in [0.15, 0.2) is 5.82 Å². The Balaban J connectivity index is 1.17. The molecule has 2 aliphatic rings. The van der Waals surface area contributed by atoms with Gasteiger partial charge >= 0.3 is 0 Å². The van der Waals surface area contributed by atoms with Crippen molar-refractivity contribution in [3.63, 3.8) is 0 Å². The van der Waals surface area contributed by atoms with Crippen molar-refractivity contribution in [1.82, 2.24) is 34.9 Å². The number of rotatable bonds is 5. The van der Waals surface area contributed by atoms with Crippen molar-refractivity contribution in [1.29, 1.82) is 0 Å². The molecule has 1 fully saturated rings. The van der Waals surface area contributed by atoms with Gasteiger partial charge in [-0.25, -0.2) is 4.39 Å². The van der Waals surface area contributed by atoms with E-state index in [-0.39, 0.29) is 18.3 Å². The number of benzene rings is 2. The van der Waals surface area contributed by atoms with Crippen LogP contribution in [-0.4, -0.2) is 85.4 Å². The summed E-state index contributed by atoms with van der Waals surface area (Å²) in [4.78, 5) is 42.6. The minimum atomic E-state index is -0.435. The van der Waals surface area contributed by atoms with Crippen LogP contribution in [0.4, 0.5) is 4.39 Å². The number of carbonyl (C=O) groups excluding carboxylic acids is 3. The normalized spacial score (nSPS) is 16.4. The molecule has 168 valence electrons. The third kappa shape index (κ3) is 3.98. The Morgan fingerprint density at radius 1 is 0.909 bits per heavy atom. The van der Waals surface area contributed by atoms with Crippen molar-refractivity contribution in [3.05, 3.63) is 71.3 Å². The maximum absolute atomic E-state index is 13.2. The molecule has 2 aromatic carbocycles. The topological polar surface area (TPSA) is 105 Å². The Morgan fingerprint density at radius 2 is 1.55 bits per heavy atom. The van der Waals surface area contributed by atoms with E-state index in [0.717, 1.165) is 4.90 Å². The minimum Gasteiger partial charge on any atom is -0.339 e. The fraction of sp³-hybridized carbons (Fsp3) is 0.273. The summed E-state index contributed by atoms with van der Waals surface area (Å²) in [6.45, 7) is 2.29. The Morgan fingerprint density at radius 3 is 2.18 bits per heavy atom. The molecule has 5 rings (SSSR count). The Kier molecular flexibility index (Phi) is 5.38. The average molecular weight is 449 g/mol. The van der Waals surface area contributed by atoms with E-state index in [1.807, 2.05) is 0 Å². The second kappa shape index (κ2) is 8.51. The van der Waals surface area contributed by atoms with Gasteiger partial charge in [-0.1, -0.05) is 12.1 Å². The number of fused-ring (bicyclic) bond motifs is 1. The van der Waals surface area contributed by atoms with Crippen LogP contribution in [0.2, 0.25) is 0 Å². The number of amides is 3. The number of hydrogen-bond donors (Lipinski definition) is 0. The number of tetrazole rings is 1. The Hall–Kier alpha value is -3.99. The van der Waals surface area contributed by atoms with Crippen LogP contribution in [0.5, 0.6) is 0 Å². The molecule has 11 heteroatoms. The second-order valence-electron chi connectivity index (χ2n) is 7.88. The first kappa shape index (κ1) is 20.9. The molecule has 3 amide bonds. The van der Waals surface area contributed by atoms with Crippen molar-refractivity contribution in [2.24, 2.45) is 0 Å². The van der Waals surface area contributed by atoms with E-state index >= 15 is 0 Å². The lowest BCUT2D eigenvalue weighted by molar-refractivity contribution is -0.133. The zero-order valence-corrected chi connectivity index (χ0v) is 17.6. The van der Waals surface area contributed by atoms with Crippen molar-refractivity contribution in [2.45, 2.75) is 6.54 Å². The lowest BCUT2D eigenvalue weighted by atomic mass is 10.1. The van der Waals surface area contributed by atoms with E-state index in [9.17, 15) is 18.8 Å². The molecule has 0 saturated carbocycles. The Labute approximate surface area is 188 Å². The predicted octanol–water partition coefficient (Wildman–Crippen LogP) is 0.742. The van der Waals surface area contributed by atoms with Gasteiger partial charge in [-0.3, -0.25) is 24.2 Å². The first-order valence-electron chi connectivity index (χ1n) is 10.5. The number of hydrogen-bond acceptors (Lipinski definition) is 7. The van der Waals surface area contributed by atoms with Gasteiger partial charge in [-0.2, -0.15) is 4.68 Å². The lowest BCUT2D eigenvalue weighted by Gasteiger charge is -2.34. The van der Waals surface area contributed by atoms with Gasteiger partial charge in [0.1, 0.15) is 12.4 Å². The summed E-state index contributed by atoms with van der Waals surface area (Å²) in [5.41, 5.74) is 1.32. The second-order valence-corrected chi connectivity index (χ2v) is 7.88. The lowest BCUT2D eigenvalue weighted by Crippen LogP contribution is -2.51. The quantitative estimate of drug-likeness (QED) is 0.529. The number of nitrogens with zero attached hydrogens (tertiary/aromatic N) is 7. The summed E-state index contributed by atoms with van der Waals surface area (Å²) in [7, 11) is 0. The zero-order valence-electron chi connectivity index (χ0n) is 17.6. The van der Waals surface area contributed by atoms with Crippen LogP contribution in [0.25, 0.3) is 5.69 Å². The van der Waals surface area contributed by atoms with Gasteiger partial charge in [0.05, 0.1) is 23.4 Å². The van der Waals surface area contributed by atoms with Crippen molar-refractivity contribution in [3.8, 4) is 5.69 Å². The molecular formula is C22H20FN7O3. The molecule has 1 aromatic heterocycles. The molecule has 0 N–H and O–H groups in total.